The Bertz CT molecular complexity index is 1040. The molecule has 3 aromatic rings. The molecule has 0 spiro atoms. The second kappa shape index (κ2) is 7.67. The average molecular weight is 386 g/mol. The van der Waals surface area contributed by atoms with Crippen LogP contribution in [0.3, 0.4) is 0 Å². The van der Waals surface area contributed by atoms with Gasteiger partial charge in [-0.2, -0.15) is 0 Å². The fraction of sp³-hybridized carbons (Fsp3) is 0.150. The number of benzene rings is 2. The Labute approximate surface area is 156 Å². The number of furan rings is 1. The first-order valence-corrected chi connectivity index (χ1v) is 9.91. The third-order valence-corrected chi connectivity index (χ3v) is 5.71. The predicted molar refractivity (Wildman–Crippen MR) is 99.6 cm³/mol. The summed E-state index contributed by atoms with van der Waals surface area (Å²) in [4.78, 5) is 12.1. The second-order valence-corrected chi connectivity index (χ2v) is 7.79. The van der Waals surface area contributed by atoms with E-state index in [0.717, 1.165) is 0 Å². The molecule has 0 radical (unpaired) electrons. The first kappa shape index (κ1) is 18.7. The van der Waals surface area contributed by atoms with E-state index in [1.807, 2.05) is 0 Å². The quantitative estimate of drug-likeness (QED) is 0.659. The molecule has 0 unspecified atom stereocenters. The van der Waals surface area contributed by atoms with Gasteiger partial charge in [0.25, 0.3) is 0 Å². The zero-order valence-corrected chi connectivity index (χ0v) is 15.4. The maximum Gasteiger partial charge on any atom is 0.339 e. The number of carboxylic acid groups (broad SMARTS) is 1. The van der Waals surface area contributed by atoms with Gasteiger partial charge in [-0.05, 0) is 30.7 Å². The number of carboxylic acids is 1. The molecule has 1 aromatic heterocycles. The zero-order chi connectivity index (χ0) is 19.4. The standard InChI is InChI=1S/C20H18O6S/c1-2-26-19-17(14-10-11-25-12-14)9-8-15(18(19)20(21)22)13-27(23,24)16-6-4-3-5-7-16/h3-12H,2,13H2,1H3,(H,21,22). The molecule has 0 saturated carbocycles. The summed E-state index contributed by atoms with van der Waals surface area (Å²) in [6, 6.07) is 12.8. The van der Waals surface area contributed by atoms with Gasteiger partial charge in [-0.25, -0.2) is 13.2 Å². The summed E-state index contributed by atoms with van der Waals surface area (Å²) in [5.74, 6) is -1.56. The van der Waals surface area contributed by atoms with E-state index in [1.54, 1.807) is 37.3 Å². The summed E-state index contributed by atoms with van der Waals surface area (Å²) >= 11 is 0. The minimum atomic E-state index is -3.71. The van der Waals surface area contributed by atoms with Gasteiger partial charge in [0.15, 0.2) is 9.84 Å². The van der Waals surface area contributed by atoms with Gasteiger partial charge in [-0.15, -0.1) is 0 Å². The molecular weight excluding hydrogens is 368 g/mol. The van der Waals surface area contributed by atoms with Crippen molar-refractivity contribution >= 4 is 15.8 Å². The number of aromatic carboxylic acids is 1. The van der Waals surface area contributed by atoms with Gasteiger partial charge in [-0.3, -0.25) is 0 Å². The van der Waals surface area contributed by atoms with Crippen molar-refractivity contribution in [3.8, 4) is 16.9 Å². The van der Waals surface area contributed by atoms with Crippen LogP contribution in [0.2, 0.25) is 0 Å². The molecule has 6 nitrogen and oxygen atoms in total. The number of hydrogen-bond acceptors (Lipinski definition) is 5. The van der Waals surface area contributed by atoms with Crippen LogP contribution in [-0.4, -0.2) is 26.1 Å². The molecule has 7 heteroatoms. The molecule has 1 N–H and O–H groups in total. The molecule has 0 amide bonds. The summed E-state index contributed by atoms with van der Waals surface area (Å²) in [5, 5.41) is 9.76. The van der Waals surface area contributed by atoms with Gasteiger partial charge < -0.3 is 14.3 Å². The third-order valence-electron chi connectivity index (χ3n) is 4.03. The first-order chi connectivity index (χ1) is 12.9. The highest BCUT2D eigenvalue weighted by atomic mass is 32.2. The smallest absolute Gasteiger partial charge is 0.339 e. The molecule has 0 saturated heterocycles. The van der Waals surface area contributed by atoms with Crippen molar-refractivity contribution in [3.63, 3.8) is 0 Å². The van der Waals surface area contributed by atoms with Crippen LogP contribution in [0.4, 0.5) is 0 Å². The van der Waals surface area contributed by atoms with Crippen molar-refractivity contribution in [3.05, 3.63) is 72.2 Å². The molecular formula is C20H18O6S. The van der Waals surface area contributed by atoms with E-state index in [0.29, 0.717) is 11.1 Å². The normalized spacial score (nSPS) is 11.3. The van der Waals surface area contributed by atoms with Crippen molar-refractivity contribution in [1.82, 2.24) is 0 Å². The lowest BCUT2D eigenvalue weighted by Crippen LogP contribution is -2.12. The molecule has 27 heavy (non-hydrogen) atoms. The van der Waals surface area contributed by atoms with Crippen molar-refractivity contribution < 1.29 is 27.5 Å². The summed E-state index contributed by atoms with van der Waals surface area (Å²) < 4.78 is 36.1. The lowest BCUT2D eigenvalue weighted by molar-refractivity contribution is 0.0691. The minimum absolute atomic E-state index is 0.132. The maximum absolute atomic E-state index is 12.7. The fourth-order valence-corrected chi connectivity index (χ4v) is 4.22. The monoisotopic (exact) mass is 386 g/mol. The Morgan fingerprint density at radius 2 is 1.85 bits per heavy atom. The van der Waals surface area contributed by atoms with Gasteiger partial charge in [-0.1, -0.05) is 30.3 Å². The summed E-state index contributed by atoms with van der Waals surface area (Å²) in [6.45, 7) is 1.97. The highest BCUT2D eigenvalue weighted by Crippen LogP contribution is 2.37. The van der Waals surface area contributed by atoms with E-state index in [9.17, 15) is 18.3 Å². The Balaban J connectivity index is 2.14. The van der Waals surface area contributed by atoms with Crippen LogP contribution >= 0.6 is 0 Å². The van der Waals surface area contributed by atoms with Crippen molar-refractivity contribution in [2.24, 2.45) is 0 Å². The van der Waals surface area contributed by atoms with Crippen LogP contribution in [0.25, 0.3) is 11.1 Å². The highest BCUT2D eigenvalue weighted by molar-refractivity contribution is 7.90. The maximum atomic E-state index is 12.7. The van der Waals surface area contributed by atoms with Crippen LogP contribution in [-0.2, 0) is 15.6 Å². The molecule has 0 aliphatic heterocycles. The number of rotatable bonds is 7. The van der Waals surface area contributed by atoms with E-state index >= 15 is 0 Å². The zero-order valence-electron chi connectivity index (χ0n) is 14.6. The van der Waals surface area contributed by atoms with Crippen molar-refractivity contribution in [1.29, 1.82) is 0 Å². The Morgan fingerprint density at radius 3 is 2.44 bits per heavy atom. The molecule has 2 aromatic carbocycles. The molecule has 0 bridgehead atoms. The topological polar surface area (TPSA) is 93.8 Å². The van der Waals surface area contributed by atoms with E-state index in [-0.39, 0.29) is 28.4 Å². The summed E-state index contributed by atoms with van der Waals surface area (Å²) in [7, 11) is -3.71. The molecule has 0 atom stereocenters. The van der Waals surface area contributed by atoms with Gasteiger partial charge in [0.2, 0.25) is 0 Å². The van der Waals surface area contributed by atoms with Gasteiger partial charge in [0.05, 0.1) is 29.8 Å². The van der Waals surface area contributed by atoms with Crippen LogP contribution in [0.15, 0.2) is 70.4 Å². The predicted octanol–water partition coefficient (Wildman–Crippen LogP) is 4.02. The molecule has 1 heterocycles. The average Bonchev–Trinajstić information content (AvgIpc) is 3.17. The Kier molecular flexibility index (Phi) is 5.32. The van der Waals surface area contributed by atoms with Crippen LogP contribution in [0.5, 0.6) is 5.75 Å². The van der Waals surface area contributed by atoms with E-state index in [1.165, 1.54) is 30.7 Å². The Hall–Kier alpha value is -3.06. The molecule has 140 valence electrons. The van der Waals surface area contributed by atoms with Crippen LogP contribution < -0.4 is 4.74 Å². The van der Waals surface area contributed by atoms with Crippen molar-refractivity contribution in [2.45, 2.75) is 17.6 Å². The Morgan fingerprint density at radius 1 is 1.11 bits per heavy atom. The second-order valence-electron chi connectivity index (χ2n) is 5.80. The molecule has 0 fully saturated rings. The molecule has 0 aliphatic rings. The van der Waals surface area contributed by atoms with Crippen molar-refractivity contribution in [2.75, 3.05) is 6.61 Å². The van der Waals surface area contributed by atoms with Gasteiger partial charge in [0, 0.05) is 11.1 Å². The first-order valence-electron chi connectivity index (χ1n) is 8.26. The number of carbonyl (C=O) groups is 1. The number of ether oxygens (including phenoxy) is 1. The SMILES string of the molecule is CCOc1c(-c2ccoc2)ccc(CS(=O)(=O)c2ccccc2)c1C(=O)O. The lowest BCUT2D eigenvalue weighted by Gasteiger charge is -2.16. The van der Waals surface area contributed by atoms with E-state index in [2.05, 4.69) is 0 Å². The van der Waals surface area contributed by atoms with E-state index < -0.39 is 21.6 Å². The highest BCUT2D eigenvalue weighted by Gasteiger charge is 2.25. The summed E-state index contributed by atoms with van der Waals surface area (Å²) in [5.41, 5.74) is 1.19. The van der Waals surface area contributed by atoms with Gasteiger partial charge in [0.1, 0.15) is 11.3 Å². The summed E-state index contributed by atoms with van der Waals surface area (Å²) in [6.07, 6.45) is 2.95. The minimum Gasteiger partial charge on any atom is -0.492 e. The fourth-order valence-electron chi connectivity index (χ4n) is 2.83. The molecule has 3 rings (SSSR count). The number of sulfone groups is 1. The van der Waals surface area contributed by atoms with Gasteiger partial charge >= 0.3 is 5.97 Å². The molecule has 0 aliphatic carbocycles. The van der Waals surface area contributed by atoms with Crippen LogP contribution in [0.1, 0.15) is 22.8 Å². The number of hydrogen-bond donors (Lipinski definition) is 1. The van der Waals surface area contributed by atoms with Crippen LogP contribution in [0, 0.1) is 0 Å². The largest absolute Gasteiger partial charge is 0.492 e. The van der Waals surface area contributed by atoms with E-state index in [4.69, 9.17) is 9.15 Å². The lowest BCUT2D eigenvalue weighted by atomic mass is 9.99. The third kappa shape index (κ3) is 3.88.